The molecule has 0 fully saturated rings. The smallest absolute Gasteiger partial charge is 0.331 e. The number of hydrogen-bond acceptors (Lipinski definition) is 3. The number of ketones is 1. The van der Waals surface area contributed by atoms with E-state index >= 15 is 0 Å². The van der Waals surface area contributed by atoms with Gasteiger partial charge >= 0.3 is 5.97 Å². The summed E-state index contributed by atoms with van der Waals surface area (Å²) in [6, 6.07) is 5.58. The Bertz CT molecular complexity index is 970. The molecule has 5 nitrogen and oxygen atoms in total. The average Bonchev–Trinajstić information content (AvgIpc) is 3.07. The maximum Gasteiger partial charge on any atom is 0.331 e. The number of halogens is 1. The van der Waals surface area contributed by atoms with Crippen LogP contribution in [0.3, 0.4) is 0 Å². The first kappa shape index (κ1) is 18.9. The highest BCUT2D eigenvalue weighted by Crippen LogP contribution is 2.34. The van der Waals surface area contributed by atoms with Gasteiger partial charge in [-0.2, -0.15) is 5.10 Å². The summed E-state index contributed by atoms with van der Waals surface area (Å²) in [5, 5.41) is 14.4. The number of benzene rings is 1. The number of carbonyl (C=O) groups excluding carboxylic acids is 1. The molecule has 1 heterocycles. The largest absolute Gasteiger partial charge is 0.478 e. The van der Waals surface area contributed by atoms with Crippen molar-refractivity contribution in [2.45, 2.75) is 57.9 Å². The molecular weight excluding hydrogens is 376 g/mol. The minimum atomic E-state index is -0.842. The maximum atomic E-state index is 13.3. The first-order chi connectivity index (χ1) is 13.5. The SMILES string of the molecule is Cc1cccc(Cl)c1C(=O)c1nn(C2CC=C(C(=O)O)CC2)c2c1CCCC2. The molecule has 1 atom stereocenters. The van der Waals surface area contributed by atoms with E-state index < -0.39 is 5.97 Å². The second-order valence-electron chi connectivity index (χ2n) is 7.65. The minimum Gasteiger partial charge on any atom is -0.478 e. The van der Waals surface area contributed by atoms with E-state index in [4.69, 9.17) is 16.7 Å². The van der Waals surface area contributed by atoms with Crippen molar-refractivity contribution in [1.29, 1.82) is 0 Å². The zero-order valence-electron chi connectivity index (χ0n) is 15.9. The molecule has 2 aliphatic rings. The van der Waals surface area contributed by atoms with Gasteiger partial charge < -0.3 is 5.11 Å². The molecule has 0 bridgehead atoms. The molecule has 1 unspecified atom stereocenters. The minimum absolute atomic E-state index is 0.101. The van der Waals surface area contributed by atoms with E-state index in [1.54, 1.807) is 12.1 Å². The molecule has 0 radical (unpaired) electrons. The third kappa shape index (κ3) is 3.28. The molecular formula is C22H23ClN2O3. The normalized spacial score (nSPS) is 19.1. The van der Waals surface area contributed by atoms with Crippen molar-refractivity contribution in [2.75, 3.05) is 0 Å². The van der Waals surface area contributed by atoms with Crippen LogP contribution in [-0.2, 0) is 17.6 Å². The lowest BCUT2D eigenvalue weighted by atomic mass is 9.91. The van der Waals surface area contributed by atoms with Crippen LogP contribution < -0.4 is 0 Å². The van der Waals surface area contributed by atoms with Gasteiger partial charge in [-0.05, 0) is 63.5 Å². The summed E-state index contributed by atoms with van der Waals surface area (Å²) >= 11 is 6.34. The van der Waals surface area contributed by atoms with E-state index in [9.17, 15) is 14.7 Å². The summed E-state index contributed by atoms with van der Waals surface area (Å²) in [6.45, 7) is 1.89. The maximum absolute atomic E-state index is 13.3. The molecule has 6 heteroatoms. The van der Waals surface area contributed by atoms with E-state index in [1.165, 1.54) is 0 Å². The zero-order valence-corrected chi connectivity index (χ0v) is 16.6. The van der Waals surface area contributed by atoms with Crippen molar-refractivity contribution in [3.63, 3.8) is 0 Å². The number of fused-ring (bicyclic) bond motifs is 1. The van der Waals surface area contributed by atoms with Crippen LogP contribution in [0.5, 0.6) is 0 Å². The summed E-state index contributed by atoms with van der Waals surface area (Å²) in [5.41, 5.74) is 4.54. The Hall–Kier alpha value is -2.40. The number of carboxylic acids is 1. The Balaban J connectivity index is 1.74. The molecule has 28 heavy (non-hydrogen) atoms. The highest BCUT2D eigenvalue weighted by molar-refractivity contribution is 6.35. The lowest BCUT2D eigenvalue weighted by molar-refractivity contribution is -0.132. The van der Waals surface area contributed by atoms with Crippen LogP contribution in [0.4, 0.5) is 0 Å². The number of rotatable bonds is 4. The second-order valence-corrected chi connectivity index (χ2v) is 8.06. The molecule has 2 aliphatic carbocycles. The number of carbonyl (C=O) groups is 2. The summed E-state index contributed by atoms with van der Waals surface area (Å²) in [6.07, 6.45) is 7.58. The highest BCUT2D eigenvalue weighted by atomic mass is 35.5. The van der Waals surface area contributed by atoms with Gasteiger partial charge in [0.1, 0.15) is 5.69 Å². The van der Waals surface area contributed by atoms with Crippen LogP contribution in [0.25, 0.3) is 0 Å². The van der Waals surface area contributed by atoms with Crippen molar-refractivity contribution in [3.05, 3.63) is 62.9 Å². The van der Waals surface area contributed by atoms with E-state index in [1.807, 2.05) is 23.7 Å². The number of nitrogens with zero attached hydrogens (tertiary/aromatic N) is 2. The predicted molar refractivity (Wildman–Crippen MR) is 107 cm³/mol. The van der Waals surface area contributed by atoms with E-state index in [-0.39, 0.29) is 11.8 Å². The Morgan fingerprint density at radius 1 is 1.21 bits per heavy atom. The Morgan fingerprint density at radius 3 is 2.68 bits per heavy atom. The second kappa shape index (κ2) is 7.55. The van der Waals surface area contributed by atoms with Crippen molar-refractivity contribution in [1.82, 2.24) is 9.78 Å². The lowest BCUT2D eigenvalue weighted by Crippen LogP contribution is -2.19. The first-order valence-electron chi connectivity index (χ1n) is 9.79. The van der Waals surface area contributed by atoms with E-state index in [2.05, 4.69) is 0 Å². The number of allylic oxidation sites excluding steroid dienone is 1. The van der Waals surface area contributed by atoms with Gasteiger partial charge in [-0.1, -0.05) is 29.8 Å². The quantitative estimate of drug-likeness (QED) is 0.758. The van der Waals surface area contributed by atoms with Gasteiger partial charge in [0.15, 0.2) is 0 Å². The van der Waals surface area contributed by atoms with Gasteiger partial charge in [-0.15, -0.1) is 0 Å². The van der Waals surface area contributed by atoms with Crippen molar-refractivity contribution in [2.24, 2.45) is 0 Å². The van der Waals surface area contributed by atoms with Crippen molar-refractivity contribution < 1.29 is 14.7 Å². The average molecular weight is 399 g/mol. The van der Waals surface area contributed by atoms with Crippen molar-refractivity contribution >= 4 is 23.4 Å². The molecule has 146 valence electrons. The molecule has 0 amide bonds. The molecule has 1 aromatic carbocycles. The van der Waals surface area contributed by atoms with E-state index in [0.717, 1.165) is 48.9 Å². The summed E-state index contributed by atoms with van der Waals surface area (Å²) < 4.78 is 2.00. The first-order valence-corrected chi connectivity index (χ1v) is 10.2. The summed E-state index contributed by atoms with van der Waals surface area (Å²) in [4.78, 5) is 24.5. The number of hydrogen-bond donors (Lipinski definition) is 1. The molecule has 0 aliphatic heterocycles. The molecule has 4 rings (SSSR count). The third-order valence-electron chi connectivity index (χ3n) is 5.88. The van der Waals surface area contributed by atoms with Gasteiger partial charge in [-0.25, -0.2) is 4.79 Å². The van der Waals surface area contributed by atoms with Crippen LogP contribution in [0, 0.1) is 6.92 Å². The van der Waals surface area contributed by atoms with Crippen LogP contribution in [0.15, 0.2) is 29.8 Å². The zero-order chi connectivity index (χ0) is 19.8. The molecule has 2 aromatic rings. The Morgan fingerprint density at radius 2 is 2.00 bits per heavy atom. The monoisotopic (exact) mass is 398 g/mol. The van der Waals surface area contributed by atoms with Gasteiger partial charge in [0.05, 0.1) is 11.1 Å². The van der Waals surface area contributed by atoms with Crippen molar-refractivity contribution in [3.8, 4) is 0 Å². The topological polar surface area (TPSA) is 72.2 Å². The predicted octanol–water partition coefficient (Wildman–Crippen LogP) is 4.69. The third-order valence-corrected chi connectivity index (χ3v) is 6.19. The molecule has 0 saturated carbocycles. The van der Waals surface area contributed by atoms with Gasteiger partial charge in [0, 0.05) is 22.4 Å². The molecule has 0 spiro atoms. The highest BCUT2D eigenvalue weighted by Gasteiger charge is 2.30. The van der Waals surface area contributed by atoms with Crippen LogP contribution in [0.1, 0.15) is 71.0 Å². The molecule has 0 saturated heterocycles. The fourth-order valence-electron chi connectivity index (χ4n) is 4.38. The molecule has 1 N–H and O–H groups in total. The molecule has 1 aromatic heterocycles. The fraction of sp³-hybridized carbons (Fsp3) is 0.409. The van der Waals surface area contributed by atoms with Gasteiger partial charge in [-0.3, -0.25) is 9.48 Å². The van der Waals surface area contributed by atoms with Crippen LogP contribution in [0.2, 0.25) is 5.02 Å². The fourth-order valence-corrected chi connectivity index (χ4v) is 4.69. The Labute approximate surface area is 169 Å². The number of carboxylic acid groups (broad SMARTS) is 1. The summed E-state index contributed by atoms with van der Waals surface area (Å²) in [7, 11) is 0. The van der Waals surface area contributed by atoms with Gasteiger partial charge in [0.25, 0.3) is 0 Å². The van der Waals surface area contributed by atoms with Crippen LogP contribution >= 0.6 is 11.6 Å². The number of aromatic nitrogens is 2. The number of aryl methyl sites for hydroxylation is 1. The lowest BCUT2D eigenvalue weighted by Gasteiger charge is -2.24. The van der Waals surface area contributed by atoms with Gasteiger partial charge in [0.2, 0.25) is 5.78 Å². The van der Waals surface area contributed by atoms with Crippen LogP contribution in [-0.4, -0.2) is 26.6 Å². The number of aliphatic carboxylic acids is 1. The van der Waals surface area contributed by atoms with E-state index in [0.29, 0.717) is 34.7 Å². The standard InChI is InChI=1S/C22H23ClN2O3/c1-13-5-4-7-17(23)19(13)21(26)20-16-6-2-3-8-18(16)25(24-20)15-11-9-14(10-12-15)22(27)28/h4-5,7,9,15H,2-3,6,8,10-12H2,1H3,(H,27,28). The Kier molecular flexibility index (Phi) is 5.11. The summed E-state index contributed by atoms with van der Waals surface area (Å²) in [5.74, 6) is -0.955.